The maximum atomic E-state index is 11.9. The van der Waals surface area contributed by atoms with Crippen LogP contribution in [0.3, 0.4) is 0 Å². The minimum Gasteiger partial charge on any atom is -0.355 e. The van der Waals surface area contributed by atoms with Gasteiger partial charge in [0.05, 0.1) is 0 Å². The van der Waals surface area contributed by atoms with Gasteiger partial charge in [0.1, 0.15) is 0 Å². The number of nitrogens with one attached hydrogen (secondary N) is 3. The lowest BCUT2D eigenvalue weighted by molar-refractivity contribution is 0.0954. The maximum absolute atomic E-state index is 11.9. The highest BCUT2D eigenvalue weighted by Crippen LogP contribution is 2.05. The summed E-state index contributed by atoms with van der Waals surface area (Å²) in [5, 5.41) is 8.54. The Morgan fingerprint density at radius 3 is 2.37 bits per heavy atom. The SMILES string of the molecule is CCCNCCNC(=O)c1cccc(C(=O)NC)c1. The highest BCUT2D eigenvalue weighted by molar-refractivity contribution is 5.99. The quantitative estimate of drug-likeness (QED) is 0.637. The van der Waals surface area contributed by atoms with Crippen molar-refractivity contribution in [1.82, 2.24) is 16.0 Å². The fraction of sp³-hybridized carbons (Fsp3) is 0.429. The molecule has 0 radical (unpaired) electrons. The average Bonchev–Trinajstić information content (AvgIpc) is 2.46. The first kappa shape index (κ1) is 15.2. The Bertz CT molecular complexity index is 432. The van der Waals surface area contributed by atoms with Gasteiger partial charge < -0.3 is 16.0 Å². The van der Waals surface area contributed by atoms with Crippen molar-refractivity contribution >= 4 is 11.8 Å². The normalized spacial score (nSPS) is 10.0. The van der Waals surface area contributed by atoms with Gasteiger partial charge >= 0.3 is 0 Å². The lowest BCUT2D eigenvalue weighted by atomic mass is 10.1. The summed E-state index contributed by atoms with van der Waals surface area (Å²) in [6.45, 7) is 4.36. The molecule has 0 saturated heterocycles. The molecule has 5 heteroatoms. The molecule has 0 fully saturated rings. The molecule has 1 rings (SSSR count). The summed E-state index contributed by atoms with van der Waals surface area (Å²) >= 11 is 0. The van der Waals surface area contributed by atoms with Crippen LogP contribution in [0, 0.1) is 0 Å². The monoisotopic (exact) mass is 263 g/mol. The zero-order chi connectivity index (χ0) is 14.1. The summed E-state index contributed by atoms with van der Waals surface area (Å²) in [5.74, 6) is -0.358. The van der Waals surface area contributed by atoms with E-state index < -0.39 is 0 Å². The smallest absolute Gasteiger partial charge is 0.251 e. The van der Waals surface area contributed by atoms with Crippen LogP contribution in [-0.2, 0) is 0 Å². The van der Waals surface area contributed by atoms with Crippen LogP contribution >= 0.6 is 0 Å². The minimum absolute atomic E-state index is 0.163. The molecule has 0 aliphatic rings. The van der Waals surface area contributed by atoms with Crippen molar-refractivity contribution in [2.24, 2.45) is 0 Å². The Hall–Kier alpha value is -1.88. The molecule has 0 heterocycles. The number of hydrogen-bond donors (Lipinski definition) is 3. The minimum atomic E-state index is -0.195. The van der Waals surface area contributed by atoms with E-state index in [-0.39, 0.29) is 11.8 Å². The Morgan fingerprint density at radius 2 is 1.74 bits per heavy atom. The number of carbonyl (C=O) groups is 2. The second-order valence-electron chi connectivity index (χ2n) is 4.17. The Balaban J connectivity index is 2.50. The largest absolute Gasteiger partial charge is 0.355 e. The van der Waals surface area contributed by atoms with E-state index in [4.69, 9.17) is 0 Å². The summed E-state index contributed by atoms with van der Waals surface area (Å²) in [6.07, 6.45) is 1.07. The third-order valence-electron chi connectivity index (χ3n) is 2.63. The van der Waals surface area contributed by atoms with E-state index in [0.717, 1.165) is 19.5 Å². The van der Waals surface area contributed by atoms with Crippen LogP contribution in [0.1, 0.15) is 34.1 Å². The van der Waals surface area contributed by atoms with Gasteiger partial charge in [0.2, 0.25) is 0 Å². The Kier molecular flexibility index (Phi) is 6.60. The van der Waals surface area contributed by atoms with Crippen LogP contribution < -0.4 is 16.0 Å². The second kappa shape index (κ2) is 8.26. The molecule has 3 N–H and O–H groups in total. The third kappa shape index (κ3) is 5.09. The predicted molar refractivity (Wildman–Crippen MR) is 75.3 cm³/mol. The summed E-state index contributed by atoms with van der Waals surface area (Å²) in [6, 6.07) is 6.67. The molecule has 0 atom stereocenters. The number of carbonyl (C=O) groups excluding carboxylic acids is 2. The Morgan fingerprint density at radius 1 is 1.05 bits per heavy atom. The van der Waals surface area contributed by atoms with Crippen molar-refractivity contribution in [3.8, 4) is 0 Å². The molecule has 0 bridgehead atoms. The molecule has 1 aromatic carbocycles. The highest BCUT2D eigenvalue weighted by atomic mass is 16.2. The molecule has 2 amide bonds. The van der Waals surface area contributed by atoms with Gasteiger partial charge in [-0.05, 0) is 31.2 Å². The first-order chi connectivity index (χ1) is 9.19. The molecule has 0 unspecified atom stereocenters. The van der Waals surface area contributed by atoms with Gasteiger partial charge in [-0.2, -0.15) is 0 Å². The van der Waals surface area contributed by atoms with E-state index in [2.05, 4.69) is 22.9 Å². The summed E-state index contributed by atoms with van der Waals surface area (Å²) in [7, 11) is 1.56. The van der Waals surface area contributed by atoms with Crippen LogP contribution in [0.2, 0.25) is 0 Å². The molecule has 0 spiro atoms. The standard InChI is InChI=1S/C14H21N3O2/c1-3-7-16-8-9-17-14(19)12-6-4-5-11(10-12)13(18)15-2/h4-6,10,16H,3,7-9H2,1-2H3,(H,15,18)(H,17,19). The molecule has 104 valence electrons. The van der Waals surface area contributed by atoms with Gasteiger partial charge in [-0.3, -0.25) is 9.59 Å². The van der Waals surface area contributed by atoms with Crippen molar-refractivity contribution in [2.45, 2.75) is 13.3 Å². The molecule has 0 saturated carbocycles. The molecule has 19 heavy (non-hydrogen) atoms. The molecule has 0 aromatic heterocycles. The zero-order valence-corrected chi connectivity index (χ0v) is 11.5. The van der Waals surface area contributed by atoms with Gasteiger partial charge in [0.15, 0.2) is 0 Å². The molecular weight excluding hydrogens is 242 g/mol. The van der Waals surface area contributed by atoms with Crippen molar-refractivity contribution in [3.05, 3.63) is 35.4 Å². The van der Waals surface area contributed by atoms with E-state index in [9.17, 15) is 9.59 Å². The van der Waals surface area contributed by atoms with Gasteiger partial charge in [0.25, 0.3) is 11.8 Å². The predicted octanol–water partition coefficient (Wildman–Crippen LogP) is 0.776. The van der Waals surface area contributed by atoms with Gasteiger partial charge in [-0.25, -0.2) is 0 Å². The first-order valence-electron chi connectivity index (χ1n) is 6.50. The summed E-state index contributed by atoms with van der Waals surface area (Å²) in [4.78, 5) is 23.3. The van der Waals surface area contributed by atoms with Crippen LogP contribution in [0.15, 0.2) is 24.3 Å². The highest BCUT2D eigenvalue weighted by Gasteiger charge is 2.08. The Labute approximate surface area is 113 Å². The number of benzene rings is 1. The fourth-order valence-corrected chi connectivity index (χ4v) is 1.61. The lowest BCUT2D eigenvalue weighted by Gasteiger charge is -2.07. The molecule has 1 aromatic rings. The number of hydrogen-bond acceptors (Lipinski definition) is 3. The van der Waals surface area contributed by atoms with E-state index in [1.165, 1.54) is 0 Å². The van der Waals surface area contributed by atoms with Crippen LogP contribution in [0.4, 0.5) is 0 Å². The van der Waals surface area contributed by atoms with Crippen molar-refractivity contribution in [3.63, 3.8) is 0 Å². The lowest BCUT2D eigenvalue weighted by Crippen LogP contribution is -2.32. The topological polar surface area (TPSA) is 70.2 Å². The fourth-order valence-electron chi connectivity index (χ4n) is 1.61. The molecule has 5 nitrogen and oxygen atoms in total. The average molecular weight is 263 g/mol. The van der Waals surface area contributed by atoms with E-state index in [1.54, 1.807) is 31.3 Å². The second-order valence-corrected chi connectivity index (χ2v) is 4.17. The van der Waals surface area contributed by atoms with Crippen molar-refractivity contribution < 1.29 is 9.59 Å². The van der Waals surface area contributed by atoms with E-state index in [0.29, 0.717) is 17.7 Å². The molecule has 0 aliphatic carbocycles. The van der Waals surface area contributed by atoms with Crippen LogP contribution in [0.5, 0.6) is 0 Å². The van der Waals surface area contributed by atoms with Crippen LogP contribution in [-0.4, -0.2) is 38.5 Å². The van der Waals surface area contributed by atoms with E-state index in [1.807, 2.05) is 0 Å². The van der Waals surface area contributed by atoms with Crippen molar-refractivity contribution in [1.29, 1.82) is 0 Å². The third-order valence-corrected chi connectivity index (χ3v) is 2.63. The van der Waals surface area contributed by atoms with Gasteiger partial charge in [-0.15, -0.1) is 0 Å². The van der Waals surface area contributed by atoms with Gasteiger partial charge in [-0.1, -0.05) is 13.0 Å². The zero-order valence-electron chi connectivity index (χ0n) is 11.5. The summed E-state index contributed by atoms with van der Waals surface area (Å²) < 4.78 is 0. The molecular formula is C14H21N3O2. The molecule has 0 aliphatic heterocycles. The van der Waals surface area contributed by atoms with E-state index >= 15 is 0 Å². The van der Waals surface area contributed by atoms with Crippen molar-refractivity contribution in [2.75, 3.05) is 26.7 Å². The first-order valence-corrected chi connectivity index (χ1v) is 6.50. The maximum Gasteiger partial charge on any atom is 0.251 e. The van der Waals surface area contributed by atoms with Gasteiger partial charge in [0, 0.05) is 31.3 Å². The summed E-state index contributed by atoms with van der Waals surface area (Å²) in [5.41, 5.74) is 0.982. The number of amides is 2. The van der Waals surface area contributed by atoms with Crippen LogP contribution in [0.25, 0.3) is 0 Å². The number of rotatable bonds is 7.